The molecule has 0 aromatic rings. The highest BCUT2D eigenvalue weighted by molar-refractivity contribution is 5.98. The van der Waals surface area contributed by atoms with Crippen molar-refractivity contribution in [2.45, 2.75) is 39.7 Å². The quantitative estimate of drug-likeness (QED) is 0.417. The predicted octanol–water partition coefficient (Wildman–Crippen LogP) is 1.03. The van der Waals surface area contributed by atoms with Crippen LogP contribution in [0.15, 0.2) is 11.3 Å². The number of ketones is 1. The second kappa shape index (κ2) is 5.12. The molecule has 0 aromatic carbocycles. The number of hydrogen-bond donors (Lipinski definition) is 0. The molecular weight excluding hydrogens is 222 g/mol. The minimum atomic E-state index is -0.536. The van der Waals surface area contributed by atoms with Crippen molar-refractivity contribution < 1.29 is 19.1 Å². The molecule has 0 radical (unpaired) electrons. The molecule has 1 unspecified atom stereocenters. The second-order valence-electron chi connectivity index (χ2n) is 4.37. The first-order valence-electron chi connectivity index (χ1n) is 5.45. The van der Waals surface area contributed by atoms with Gasteiger partial charge in [0.1, 0.15) is 11.5 Å². The summed E-state index contributed by atoms with van der Waals surface area (Å²) in [5.74, 6) is -0.671. The number of carbonyl (C=O) groups is 3. The van der Waals surface area contributed by atoms with Gasteiger partial charge in [0.05, 0.1) is 13.2 Å². The summed E-state index contributed by atoms with van der Waals surface area (Å²) in [6, 6.07) is -0.205. The highest BCUT2D eigenvalue weighted by atomic mass is 16.5. The molecule has 0 bridgehead atoms. The normalized spacial score (nSPS) is 18.5. The fourth-order valence-corrected chi connectivity index (χ4v) is 1.93. The molecule has 1 saturated heterocycles. The minimum absolute atomic E-state index is 0.00507. The van der Waals surface area contributed by atoms with Crippen molar-refractivity contribution in [1.29, 1.82) is 0 Å². The van der Waals surface area contributed by atoms with Gasteiger partial charge in [-0.1, -0.05) is 0 Å². The highest BCUT2D eigenvalue weighted by Crippen LogP contribution is 2.29. The van der Waals surface area contributed by atoms with Crippen LogP contribution in [0.25, 0.3) is 0 Å². The lowest BCUT2D eigenvalue weighted by Gasteiger charge is -2.40. The van der Waals surface area contributed by atoms with Crippen molar-refractivity contribution in [2.24, 2.45) is 0 Å². The minimum Gasteiger partial charge on any atom is -0.464 e. The number of β-lactam (4-membered cyclic amide) rings is 1. The van der Waals surface area contributed by atoms with E-state index in [2.05, 4.69) is 4.74 Å². The number of hydrogen-bond acceptors (Lipinski definition) is 4. The lowest BCUT2D eigenvalue weighted by atomic mass is 9.95. The van der Waals surface area contributed by atoms with Crippen LogP contribution in [-0.4, -0.2) is 35.7 Å². The first-order valence-corrected chi connectivity index (χ1v) is 5.45. The summed E-state index contributed by atoms with van der Waals surface area (Å²) in [6.45, 7) is 4.95. The van der Waals surface area contributed by atoms with E-state index in [9.17, 15) is 14.4 Å². The zero-order chi connectivity index (χ0) is 13.2. The molecule has 1 aliphatic rings. The van der Waals surface area contributed by atoms with E-state index in [4.69, 9.17) is 0 Å². The summed E-state index contributed by atoms with van der Waals surface area (Å²) in [6.07, 6.45) is 0.590. The Morgan fingerprint density at radius 2 is 1.94 bits per heavy atom. The first-order chi connectivity index (χ1) is 7.88. The molecular formula is C12H17NO4. The molecule has 94 valence electrons. The Bertz CT molecular complexity index is 393. The number of rotatable bonds is 4. The van der Waals surface area contributed by atoms with E-state index in [1.54, 1.807) is 13.8 Å². The third-order valence-corrected chi connectivity index (χ3v) is 2.66. The van der Waals surface area contributed by atoms with Gasteiger partial charge in [-0.05, 0) is 26.3 Å². The summed E-state index contributed by atoms with van der Waals surface area (Å²) in [7, 11) is 1.27. The van der Waals surface area contributed by atoms with E-state index in [0.717, 1.165) is 0 Å². The number of ether oxygens (including phenoxy) is 1. The van der Waals surface area contributed by atoms with Gasteiger partial charge in [0, 0.05) is 12.8 Å². The molecule has 1 rings (SSSR count). The molecule has 1 aliphatic heterocycles. The van der Waals surface area contributed by atoms with Crippen LogP contribution >= 0.6 is 0 Å². The van der Waals surface area contributed by atoms with Crippen molar-refractivity contribution in [3.63, 3.8) is 0 Å². The summed E-state index contributed by atoms with van der Waals surface area (Å²) >= 11 is 0. The second-order valence-corrected chi connectivity index (χ2v) is 4.37. The lowest BCUT2D eigenvalue weighted by Crippen LogP contribution is -2.54. The number of esters is 1. The largest absolute Gasteiger partial charge is 0.464 e. The Kier molecular flexibility index (Phi) is 4.04. The molecule has 1 atom stereocenters. The van der Waals surface area contributed by atoms with Crippen molar-refractivity contribution in [1.82, 2.24) is 4.90 Å². The van der Waals surface area contributed by atoms with Crippen molar-refractivity contribution >= 4 is 17.7 Å². The molecule has 1 fully saturated rings. The monoisotopic (exact) mass is 239 g/mol. The SMILES string of the molecule is COC(=O)C(=C(C)C)N1C(=O)CC1CC(C)=O. The molecule has 5 heteroatoms. The zero-order valence-electron chi connectivity index (χ0n) is 10.6. The van der Waals surface area contributed by atoms with Crippen LogP contribution in [0.2, 0.25) is 0 Å². The fraction of sp³-hybridized carbons (Fsp3) is 0.583. The Morgan fingerprint density at radius 3 is 2.29 bits per heavy atom. The number of carbonyl (C=O) groups excluding carboxylic acids is 3. The van der Waals surface area contributed by atoms with E-state index in [1.165, 1.54) is 18.9 Å². The van der Waals surface area contributed by atoms with E-state index < -0.39 is 5.97 Å². The summed E-state index contributed by atoms with van der Waals surface area (Å²) in [4.78, 5) is 35.6. The van der Waals surface area contributed by atoms with Crippen LogP contribution in [0, 0.1) is 0 Å². The van der Waals surface area contributed by atoms with E-state index in [1.807, 2.05) is 0 Å². The van der Waals surface area contributed by atoms with Gasteiger partial charge >= 0.3 is 5.97 Å². The number of allylic oxidation sites excluding steroid dienone is 1. The van der Waals surface area contributed by atoms with Crippen LogP contribution in [0.5, 0.6) is 0 Å². The molecule has 0 N–H and O–H groups in total. The maximum Gasteiger partial charge on any atom is 0.354 e. The number of likely N-dealkylation sites (tertiary alicyclic amines) is 1. The van der Waals surface area contributed by atoms with E-state index in [-0.39, 0.29) is 29.9 Å². The zero-order valence-corrected chi connectivity index (χ0v) is 10.6. The van der Waals surface area contributed by atoms with E-state index >= 15 is 0 Å². The average molecular weight is 239 g/mol. The molecule has 0 aliphatic carbocycles. The Balaban J connectivity index is 2.95. The lowest BCUT2D eigenvalue weighted by molar-refractivity contribution is -0.151. The van der Waals surface area contributed by atoms with Crippen molar-refractivity contribution in [3.05, 3.63) is 11.3 Å². The van der Waals surface area contributed by atoms with Gasteiger partial charge in [-0.3, -0.25) is 9.59 Å². The van der Waals surface area contributed by atoms with Crippen LogP contribution in [0.1, 0.15) is 33.6 Å². The molecule has 0 spiro atoms. The van der Waals surface area contributed by atoms with Crippen LogP contribution in [0.4, 0.5) is 0 Å². The first kappa shape index (κ1) is 13.4. The molecule has 1 amide bonds. The Hall–Kier alpha value is -1.65. The highest BCUT2D eigenvalue weighted by Gasteiger charge is 2.41. The molecule has 0 aromatic heterocycles. The number of amides is 1. The van der Waals surface area contributed by atoms with Gasteiger partial charge in [-0.25, -0.2) is 4.79 Å². The third kappa shape index (κ3) is 2.72. The summed E-state index contributed by atoms with van der Waals surface area (Å²) < 4.78 is 4.66. The molecule has 17 heavy (non-hydrogen) atoms. The number of nitrogens with zero attached hydrogens (tertiary/aromatic N) is 1. The average Bonchev–Trinajstić information content (AvgIpc) is 2.23. The van der Waals surface area contributed by atoms with Gasteiger partial charge in [-0.15, -0.1) is 0 Å². The Morgan fingerprint density at radius 1 is 1.35 bits per heavy atom. The third-order valence-electron chi connectivity index (χ3n) is 2.66. The maximum absolute atomic E-state index is 11.6. The van der Waals surface area contributed by atoms with Gasteiger partial charge in [0.2, 0.25) is 5.91 Å². The molecule has 0 saturated carbocycles. The summed E-state index contributed by atoms with van der Waals surface area (Å²) in [5, 5.41) is 0. The maximum atomic E-state index is 11.6. The standard InChI is InChI=1S/C12H17NO4/c1-7(2)11(12(16)17-4)13-9(5-8(3)14)6-10(13)15/h9H,5-6H2,1-4H3. The van der Waals surface area contributed by atoms with Crippen LogP contribution < -0.4 is 0 Å². The van der Waals surface area contributed by atoms with Crippen LogP contribution in [-0.2, 0) is 19.1 Å². The molecule has 5 nitrogen and oxygen atoms in total. The van der Waals surface area contributed by atoms with Gasteiger partial charge in [0.15, 0.2) is 0 Å². The van der Waals surface area contributed by atoms with Gasteiger partial charge in [-0.2, -0.15) is 0 Å². The smallest absolute Gasteiger partial charge is 0.354 e. The molecule has 1 heterocycles. The van der Waals surface area contributed by atoms with Gasteiger partial charge < -0.3 is 9.64 Å². The number of Topliss-reactive ketones (excluding diaryl/α,β-unsaturated/α-hetero) is 1. The topological polar surface area (TPSA) is 63.7 Å². The van der Waals surface area contributed by atoms with Crippen molar-refractivity contribution in [2.75, 3.05) is 7.11 Å². The predicted molar refractivity (Wildman–Crippen MR) is 60.9 cm³/mol. The summed E-state index contributed by atoms with van der Waals surface area (Å²) in [5.41, 5.74) is 0.966. The Labute approximate surface area is 100 Å². The van der Waals surface area contributed by atoms with E-state index in [0.29, 0.717) is 12.0 Å². The van der Waals surface area contributed by atoms with Crippen molar-refractivity contribution in [3.8, 4) is 0 Å². The fourth-order valence-electron chi connectivity index (χ4n) is 1.93. The van der Waals surface area contributed by atoms with Crippen LogP contribution in [0.3, 0.4) is 0 Å². The van der Waals surface area contributed by atoms with Gasteiger partial charge in [0.25, 0.3) is 0 Å². The number of methoxy groups -OCH3 is 1.